The van der Waals surface area contributed by atoms with Crippen LogP contribution in [0.5, 0.6) is 0 Å². The van der Waals surface area contributed by atoms with Crippen molar-refractivity contribution in [2.24, 2.45) is 0 Å². The van der Waals surface area contributed by atoms with Gasteiger partial charge in [-0.2, -0.15) is 0 Å². The molecule has 0 bridgehead atoms. The van der Waals surface area contributed by atoms with E-state index < -0.39 is 12.1 Å². The number of nitrogens with zero attached hydrogens (tertiary/aromatic N) is 1. The number of rotatable bonds is 7. The maximum absolute atomic E-state index is 12.9. The lowest BCUT2D eigenvalue weighted by molar-refractivity contribution is -0.138. The SMILES string of the molecule is CN(C)C(=O)[C@H](OC(=O)c1ccccc1NCc1ccco1)c1ccccc1. The maximum atomic E-state index is 12.9. The average Bonchev–Trinajstić information content (AvgIpc) is 3.24. The molecule has 1 atom stereocenters. The molecular formula is C22H22N2O4. The Morgan fingerprint density at radius 3 is 2.39 bits per heavy atom. The second kappa shape index (κ2) is 8.90. The first-order chi connectivity index (χ1) is 13.6. The summed E-state index contributed by atoms with van der Waals surface area (Å²) in [7, 11) is 3.26. The van der Waals surface area contributed by atoms with Gasteiger partial charge in [0.1, 0.15) is 5.76 Å². The molecule has 0 saturated heterocycles. The molecule has 144 valence electrons. The molecule has 1 amide bonds. The first-order valence-corrected chi connectivity index (χ1v) is 8.88. The molecule has 2 aromatic carbocycles. The zero-order valence-electron chi connectivity index (χ0n) is 15.8. The molecule has 0 aliphatic heterocycles. The second-order valence-corrected chi connectivity index (χ2v) is 6.41. The highest BCUT2D eigenvalue weighted by atomic mass is 16.5. The van der Waals surface area contributed by atoms with Gasteiger partial charge in [-0.15, -0.1) is 0 Å². The second-order valence-electron chi connectivity index (χ2n) is 6.41. The fourth-order valence-corrected chi connectivity index (χ4v) is 2.70. The van der Waals surface area contributed by atoms with Gasteiger partial charge in [-0.05, 0) is 24.3 Å². The van der Waals surface area contributed by atoms with Crippen LogP contribution in [0.2, 0.25) is 0 Å². The number of carbonyl (C=O) groups is 2. The number of anilines is 1. The van der Waals surface area contributed by atoms with Crippen molar-refractivity contribution >= 4 is 17.6 Å². The molecule has 6 nitrogen and oxygen atoms in total. The Morgan fingerprint density at radius 1 is 1.00 bits per heavy atom. The standard InChI is InChI=1S/C22H22N2O4/c1-24(2)21(25)20(16-9-4-3-5-10-16)28-22(26)18-12-6-7-13-19(18)23-15-17-11-8-14-27-17/h3-14,20,23H,15H2,1-2H3/t20-/m1/s1. The molecule has 6 heteroatoms. The molecule has 0 saturated carbocycles. The smallest absolute Gasteiger partial charge is 0.341 e. The Hall–Kier alpha value is -3.54. The summed E-state index contributed by atoms with van der Waals surface area (Å²) in [5.41, 5.74) is 1.57. The Bertz CT molecular complexity index is 921. The van der Waals surface area contributed by atoms with Crippen LogP contribution in [0, 0.1) is 0 Å². The van der Waals surface area contributed by atoms with Gasteiger partial charge in [0.2, 0.25) is 6.10 Å². The molecular weight excluding hydrogens is 356 g/mol. The highest BCUT2D eigenvalue weighted by Gasteiger charge is 2.27. The number of hydrogen-bond acceptors (Lipinski definition) is 5. The number of furan rings is 1. The van der Waals surface area contributed by atoms with E-state index in [1.807, 2.05) is 18.2 Å². The van der Waals surface area contributed by atoms with Crippen molar-refractivity contribution in [1.29, 1.82) is 0 Å². The third-order valence-corrected chi connectivity index (χ3v) is 4.17. The van der Waals surface area contributed by atoms with Crippen LogP contribution in [0.1, 0.15) is 27.8 Å². The van der Waals surface area contributed by atoms with E-state index in [0.717, 1.165) is 5.76 Å². The first-order valence-electron chi connectivity index (χ1n) is 8.88. The van der Waals surface area contributed by atoms with E-state index in [-0.39, 0.29) is 5.91 Å². The minimum Gasteiger partial charge on any atom is -0.467 e. The lowest BCUT2D eigenvalue weighted by Crippen LogP contribution is -2.31. The van der Waals surface area contributed by atoms with E-state index in [4.69, 9.17) is 9.15 Å². The van der Waals surface area contributed by atoms with Crippen LogP contribution in [0.15, 0.2) is 77.4 Å². The molecule has 3 aromatic rings. The van der Waals surface area contributed by atoms with Gasteiger partial charge < -0.3 is 19.4 Å². The highest BCUT2D eigenvalue weighted by molar-refractivity contribution is 5.97. The lowest BCUT2D eigenvalue weighted by Gasteiger charge is -2.22. The van der Waals surface area contributed by atoms with Crippen LogP contribution in [0.4, 0.5) is 5.69 Å². The summed E-state index contributed by atoms with van der Waals surface area (Å²) in [4.78, 5) is 26.9. The van der Waals surface area contributed by atoms with Crippen LogP contribution < -0.4 is 5.32 Å². The van der Waals surface area contributed by atoms with Gasteiger partial charge in [-0.25, -0.2) is 4.79 Å². The summed E-state index contributed by atoms with van der Waals surface area (Å²) in [6, 6.07) is 19.6. The number of nitrogens with one attached hydrogen (secondary N) is 1. The number of carbonyl (C=O) groups excluding carboxylic acids is 2. The lowest BCUT2D eigenvalue weighted by atomic mass is 10.1. The molecule has 0 spiro atoms. The predicted molar refractivity (Wildman–Crippen MR) is 106 cm³/mol. The minimum absolute atomic E-state index is 0.305. The van der Waals surface area contributed by atoms with Crippen molar-refractivity contribution in [3.05, 3.63) is 89.9 Å². The van der Waals surface area contributed by atoms with E-state index in [9.17, 15) is 9.59 Å². The van der Waals surface area contributed by atoms with E-state index in [2.05, 4.69) is 5.32 Å². The first kappa shape index (κ1) is 19.2. The van der Waals surface area contributed by atoms with Crippen molar-refractivity contribution in [3.8, 4) is 0 Å². The molecule has 0 aliphatic carbocycles. The van der Waals surface area contributed by atoms with E-state index in [1.54, 1.807) is 68.9 Å². The van der Waals surface area contributed by atoms with Crippen LogP contribution in [0.3, 0.4) is 0 Å². The van der Waals surface area contributed by atoms with Gasteiger partial charge >= 0.3 is 5.97 Å². The Kier molecular flexibility index (Phi) is 6.11. The number of esters is 1. The number of para-hydroxylation sites is 1. The number of ether oxygens (including phenoxy) is 1. The van der Waals surface area contributed by atoms with Crippen molar-refractivity contribution in [2.75, 3.05) is 19.4 Å². The minimum atomic E-state index is -1.01. The van der Waals surface area contributed by atoms with Gasteiger partial charge in [-0.1, -0.05) is 42.5 Å². The summed E-state index contributed by atoms with van der Waals surface area (Å²) >= 11 is 0. The van der Waals surface area contributed by atoms with Gasteiger partial charge in [0.05, 0.1) is 18.4 Å². The molecule has 0 unspecified atom stereocenters. The van der Waals surface area contributed by atoms with Gasteiger partial charge in [0.15, 0.2) is 0 Å². The Labute approximate surface area is 163 Å². The third kappa shape index (κ3) is 4.59. The highest BCUT2D eigenvalue weighted by Crippen LogP contribution is 2.24. The van der Waals surface area contributed by atoms with Crippen molar-refractivity contribution in [3.63, 3.8) is 0 Å². The topological polar surface area (TPSA) is 71.8 Å². The monoisotopic (exact) mass is 378 g/mol. The van der Waals surface area contributed by atoms with Gasteiger partial charge in [-0.3, -0.25) is 4.79 Å². The normalized spacial score (nSPS) is 11.5. The van der Waals surface area contributed by atoms with E-state index >= 15 is 0 Å². The molecule has 0 aliphatic rings. The van der Waals surface area contributed by atoms with Crippen molar-refractivity contribution in [2.45, 2.75) is 12.6 Å². The third-order valence-electron chi connectivity index (χ3n) is 4.17. The summed E-state index contributed by atoms with van der Waals surface area (Å²) < 4.78 is 10.9. The molecule has 3 rings (SSSR count). The summed E-state index contributed by atoms with van der Waals surface area (Å²) in [6.45, 7) is 0.427. The fourth-order valence-electron chi connectivity index (χ4n) is 2.70. The summed E-state index contributed by atoms with van der Waals surface area (Å²) in [6.07, 6.45) is 0.580. The van der Waals surface area contributed by atoms with Crippen LogP contribution in [-0.4, -0.2) is 30.9 Å². The number of hydrogen-bond donors (Lipinski definition) is 1. The average molecular weight is 378 g/mol. The molecule has 1 N–H and O–H groups in total. The molecule has 28 heavy (non-hydrogen) atoms. The van der Waals surface area contributed by atoms with Crippen LogP contribution in [-0.2, 0) is 16.1 Å². The molecule has 0 radical (unpaired) electrons. The Morgan fingerprint density at radius 2 is 1.71 bits per heavy atom. The number of amides is 1. The summed E-state index contributed by atoms with van der Waals surface area (Å²) in [5, 5.41) is 3.17. The zero-order valence-corrected chi connectivity index (χ0v) is 15.8. The Balaban J connectivity index is 1.81. The van der Waals surface area contributed by atoms with Crippen LogP contribution >= 0.6 is 0 Å². The molecule has 1 heterocycles. The van der Waals surface area contributed by atoms with E-state index in [0.29, 0.717) is 23.4 Å². The maximum Gasteiger partial charge on any atom is 0.341 e. The van der Waals surface area contributed by atoms with Gasteiger partial charge in [0, 0.05) is 25.3 Å². The largest absolute Gasteiger partial charge is 0.467 e. The van der Waals surface area contributed by atoms with E-state index in [1.165, 1.54) is 4.90 Å². The molecule has 1 aromatic heterocycles. The van der Waals surface area contributed by atoms with Gasteiger partial charge in [0.25, 0.3) is 5.91 Å². The number of benzene rings is 2. The fraction of sp³-hybridized carbons (Fsp3) is 0.182. The number of likely N-dealkylation sites (N-methyl/N-ethyl adjacent to an activating group) is 1. The zero-order chi connectivity index (χ0) is 19.9. The predicted octanol–water partition coefficient (Wildman–Crippen LogP) is 3.88. The van der Waals surface area contributed by atoms with Crippen molar-refractivity contribution in [1.82, 2.24) is 4.90 Å². The van der Waals surface area contributed by atoms with Crippen LogP contribution in [0.25, 0.3) is 0 Å². The van der Waals surface area contributed by atoms with Crippen molar-refractivity contribution < 1.29 is 18.7 Å². The summed E-state index contributed by atoms with van der Waals surface area (Å²) in [5.74, 6) is -0.139. The quantitative estimate of drug-likeness (QED) is 0.632. The molecule has 0 fully saturated rings.